The van der Waals surface area contributed by atoms with Crippen molar-refractivity contribution in [1.29, 1.82) is 0 Å². The van der Waals surface area contributed by atoms with Gasteiger partial charge in [-0.1, -0.05) is 6.07 Å². The summed E-state index contributed by atoms with van der Waals surface area (Å²) in [6, 6.07) is 4.09. The summed E-state index contributed by atoms with van der Waals surface area (Å²) in [6.45, 7) is 1.97. The minimum atomic E-state index is -0.627. The average molecular weight is 287 g/mol. The van der Waals surface area contributed by atoms with Crippen LogP contribution in [0.3, 0.4) is 0 Å². The molecule has 2 rings (SSSR count). The van der Waals surface area contributed by atoms with Gasteiger partial charge >= 0.3 is 0 Å². The fourth-order valence-electron chi connectivity index (χ4n) is 1.69. The summed E-state index contributed by atoms with van der Waals surface area (Å²) in [7, 11) is 0. The highest BCUT2D eigenvalue weighted by Gasteiger charge is 2.18. The second-order valence-corrected chi connectivity index (χ2v) is 4.33. The first-order valence-corrected chi connectivity index (χ1v) is 6.07. The van der Waals surface area contributed by atoms with Crippen LogP contribution in [0, 0.1) is 17.0 Å². The zero-order valence-electron chi connectivity index (χ0n) is 11.2. The van der Waals surface area contributed by atoms with Gasteiger partial charge in [0.15, 0.2) is 0 Å². The van der Waals surface area contributed by atoms with E-state index in [2.05, 4.69) is 15.3 Å². The fourth-order valence-corrected chi connectivity index (χ4v) is 1.69. The SMILES string of the molecule is Cc1cnc(CNC(=O)c2cccc([N+](=O)[O-])c2N)cn1. The van der Waals surface area contributed by atoms with E-state index in [0.29, 0.717) is 5.69 Å². The average Bonchev–Trinajstić information content (AvgIpc) is 2.46. The Labute approximate surface area is 120 Å². The number of amides is 1. The topological polar surface area (TPSA) is 124 Å². The highest BCUT2D eigenvalue weighted by Crippen LogP contribution is 2.24. The standard InChI is InChI=1S/C13H13N5O3/c1-8-5-16-9(6-15-8)7-17-13(19)10-3-2-4-11(12(10)14)18(20)21/h2-6H,7,14H2,1H3,(H,17,19). The summed E-state index contributed by atoms with van der Waals surface area (Å²) < 4.78 is 0. The van der Waals surface area contributed by atoms with Crippen LogP contribution in [0.1, 0.15) is 21.7 Å². The molecule has 0 spiro atoms. The van der Waals surface area contributed by atoms with Crippen LogP contribution in [-0.4, -0.2) is 20.8 Å². The maximum absolute atomic E-state index is 12.0. The lowest BCUT2D eigenvalue weighted by atomic mass is 10.1. The Morgan fingerprint density at radius 2 is 2.14 bits per heavy atom. The van der Waals surface area contributed by atoms with Crippen LogP contribution >= 0.6 is 0 Å². The van der Waals surface area contributed by atoms with Crippen molar-refractivity contribution in [2.75, 3.05) is 5.73 Å². The van der Waals surface area contributed by atoms with Crippen LogP contribution in [0.25, 0.3) is 0 Å². The number of carbonyl (C=O) groups is 1. The zero-order valence-corrected chi connectivity index (χ0v) is 11.2. The molecule has 21 heavy (non-hydrogen) atoms. The Morgan fingerprint density at radius 3 is 2.76 bits per heavy atom. The molecule has 8 heteroatoms. The Bertz CT molecular complexity index is 685. The summed E-state index contributed by atoms with van der Waals surface area (Å²) >= 11 is 0. The van der Waals surface area contributed by atoms with E-state index >= 15 is 0 Å². The number of hydrogen-bond donors (Lipinski definition) is 2. The molecular formula is C13H13N5O3. The number of benzene rings is 1. The van der Waals surface area contributed by atoms with E-state index in [1.807, 2.05) is 0 Å². The van der Waals surface area contributed by atoms with E-state index in [0.717, 1.165) is 5.69 Å². The molecule has 2 aromatic rings. The van der Waals surface area contributed by atoms with Crippen molar-refractivity contribution in [3.05, 3.63) is 57.7 Å². The third-order valence-corrected chi connectivity index (χ3v) is 2.79. The number of aryl methyl sites for hydroxylation is 1. The van der Waals surface area contributed by atoms with Crippen molar-refractivity contribution in [2.24, 2.45) is 0 Å². The van der Waals surface area contributed by atoms with Crippen LogP contribution < -0.4 is 11.1 Å². The number of aromatic nitrogens is 2. The van der Waals surface area contributed by atoms with E-state index in [-0.39, 0.29) is 23.5 Å². The molecule has 0 aliphatic rings. The van der Waals surface area contributed by atoms with Crippen molar-refractivity contribution in [2.45, 2.75) is 13.5 Å². The molecule has 0 aliphatic carbocycles. The molecule has 8 nitrogen and oxygen atoms in total. The smallest absolute Gasteiger partial charge is 0.292 e. The van der Waals surface area contributed by atoms with Gasteiger partial charge < -0.3 is 11.1 Å². The number of anilines is 1. The molecule has 0 unspecified atom stereocenters. The van der Waals surface area contributed by atoms with Crippen molar-refractivity contribution in [3.63, 3.8) is 0 Å². The first-order chi connectivity index (χ1) is 9.99. The molecule has 1 aromatic carbocycles. The summed E-state index contributed by atoms with van der Waals surface area (Å²) in [5.41, 5.74) is 6.60. The molecule has 0 saturated heterocycles. The maximum atomic E-state index is 12.0. The van der Waals surface area contributed by atoms with Gasteiger partial charge in [-0.3, -0.25) is 24.9 Å². The van der Waals surface area contributed by atoms with E-state index in [1.165, 1.54) is 18.2 Å². The van der Waals surface area contributed by atoms with Gasteiger partial charge in [0.2, 0.25) is 0 Å². The van der Waals surface area contributed by atoms with Crippen molar-refractivity contribution in [1.82, 2.24) is 15.3 Å². The molecule has 108 valence electrons. The zero-order chi connectivity index (χ0) is 15.4. The molecule has 0 saturated carbocycles. The number of para-hydroxylation sites is 1. The highest BCUT2D eigenvalue weighted by atomic mass is 16.6. The fraction of sp³-hybridized carbons (Fsp3) is 0.154. The molecule has 1 amide bonds. The predicted octanol–water partition coefficient (Wildman–Crippen LogP) is 1.21. The van der Waals surface area contributed by atoms with Gasteiger partial charge in [0.05, 0.1) is 34.6 Å². The van der Waals surface area contributed by atoms with Crippen LogP contribution in [-0.2, 0) is 6.54 Å². The lowest BCUT2D eigenvalue weighted by molar-refractivity contribution is -0.383. The summed E-state index contributed by atoms with van der Waals surface area (Å²) in [5.74, 6) is -0.501. The molecule has 0 bridgehead atoms. The monoisotopic (exact) mass is 287 g/mol. The number of nitrogens with one attached hydrogen (secondary N) is 1. The largest absolute Gasteiger partial charge is 0.393 e. The van der Waals surface area contributed by atoms with E-state index in [9.17, 15) is 14.9 Å². The highest BCUT2D eigenvalue weighted by molar-refractivity contribution is 6.00. The second-order valence-electron chi connectivity index (χ2n) is 4.33. The second kappa shape index (κ2) is 5.95. The lowest BCUT2D eigenvalue weighted by Crippen LogP contribution is -2.24. The van der Waals surface area contributed by atoms with Gasteiger partial charge in [-0.15, -0.1) is 0 Å². The number of nitrogens with zero attached hydrogens (tertiary/aromatic N) is 3. The minimum Gasteiger partial charge on any atom is -0.393 e. The maximum Gasteiger partial charge on any atom is 0.292 e. The quantitative estimate of drug-likeness (QED) is 0.494. The third-order valence-electron chi connectivity index (χ3n) is 2.79. The molecule has 0 atom stereocenters. The minimum absolute atomic E-state index is 0.0595. The number of nitrogen functional groups attached to an aromatic ring is 1. The Hall–Kier alpha value is -3.03. The summed E-state index contributed by atoms with van der Waals surface area (Å²) in [4.78, 5) is 30.3. The number of nitro benzene ring substituents is 1. The van der Waals surface area contributed by atoms with Crippen LogP contribution in [0.4, 0.5) is 11.4 Å². The molecule has 3 N–H and O–H groups in total. The number of nitro groups is 1. The number of nitrogens with two attached hydrogens (primary N) is 1. The summed E-state index contributed by atoms with van der Waals surface area (Å²) in [5, 5.41) is 13.4. The lowest BCUT2D eigenvalue weighted by Gasteiger charge is -2.07. The predicted molar refractivity (Wildman–Crippen MR) is 75.4 cm³/mol. The molecular weight excluding hydrogens is 274 g/mol. The van der Waals surface area contributed by atoms with Gasteiger partial charge in [-0.2, -0.15) is 0 Å². The number of rotatable bonds is 4. The third kappa shape index (κ3) is 3.30. The van der Waals surface area contributed by atoms with Crippen LogP contribution in [0.15, 0.2) is 30.6 Å². The normalized spacial score (nSPS) is 10.1. The first-order valence-electron chi connectivity index (χ1n) is 6.07. The van der Waals surface area contributed by atoms with Gasteiger partial charge in [-0.05, 0) is 13.0 Å². The Balaban J connectivity index is 2.12. The van der Waals surface area contributed by atoms with Crippen molar-refractivity contribution in [3.8, 4) is 0 Å². The van der Waals surface area contributed by atoms with Gasteiger partial charge in [-0.25, -0.2) is 0 Å². The van der Waals surface area contributed by atoms with Crippen molar-refractivity contribution < 1.29 is 9.72 Å². The van der Waals surface area contributed by atoms with E-state index in [1.54, 1.807) is 19.3 Å². The Kier molecular flexibility index (Phi) is 4.07. The number of carbonyl (C=O) groups excluding carboxylic acids is 1. The van der Waals surface area contributed by atoms with Gasteiger partial charge in [0.1, 0.15) is 5.69 Å². The van der Waals surface area contributed by atoms with E-state index < -0.39 is 10.8 Å². The molecule has 0 radical (unpaired) electrons. The van der Waals surface area contributed by atoms with E-state index in [4.69, 9.17) is 5.73 Å². The first kappa shape index (κ1) is 14.4. The van der Waals surface area contributed by atoms with Crippen molar-refractivity contribution >= 4 is 17.3 Å². The molecule has 0 fully saturated rings. The van der Waals surface area contributed by atoms with Crippen LogP contribution in [0.5, 0.6) is 0 Å². The van der Waals surface area contributed by atoms with Gasteiger partial charge in [0.25, 0.3) is 11.6 Å². The van der Waals surface area contributed by atoms with Gasteiger partial charge in [0, 0.05) is 12.3 Å². The molecule has 1 aromatic heterocycles. The molecule has 1 heterocycles. The van der Waals surface area contributed by atoms with Crippen LogP contribution in [0.2, 0.25) is 0 Å². The molecule has 0 aliphatic heterocycles. The Morgan fingerprint density at radius 1 is 1.38 bits per heavy atom. The number of hydrogen-bond acceptors (Lipinski definition) is 6. The summed E-state index contributed by atoms with van der Waals surface area (Å²) in [6.07, 6.45) is 3.13.